The predicted molar refractivity (Wildman–Crippen MR) is 121 cm³/mol. The number of anilines is 2. The van der Waals surface area contributed by atoms with Crippen LogP contribution in [0.25, 0.3) is 11.0 Å². The Kier molecular flexibility index (Phi) is 4.21. The molecule has 3 atom stereocenters. The Morgan fingerprint density at radius 2 is 1.97 bits per heavy atom. The number of morpholine rings is 1. The van der Waals surface area contributed by atoms with Crippen molar-refractivity contribution in [2.24, 2.45) is 15.4 Å². The summed E-state index contributed by atoms with van der Waals surface area (Å²) in [6.45, 7) is 8.87. The molecule has 33 heavy (non-hydrogen) atoms. The van der Waals surface area contributed by atoms with Crippen LogP contribution in [0.5, 0.6) is 0 Å². The van der Waals surface area contributed by atoms with Gasteiger partial charge in [-0.15, -0.1) is 0 Å². The minimum absolute atomic E-state index is 0.0359. The van der Waals surface area contributed by atoms with Gasteiger partial charge in [-0.1, -0.05) is 5.16 Å². The molecule has 1 amide bonds. The lowest BCUT2D eigenvalue weighted by Gasteiger charge is -2.54. The lowest BCUT2D eigenvalue weighted by Crippen LogP contribution is -2.65. The van der Waals surface area contributed by atoms with Gasteiger partial charge in [0.05, 0.1) is 41.3 Å². The molecule has 6 rings (SSSR count). The minimum atomic E-state index is -0.665. The molecule has 0 unspecified atom stereocenters. The third-order valence-corrected chi connectivity index (χ3v) is 6.96. The van der Waals surface area contributed by atoms with Gasteiger partial charge in [0, 0.05) is 19.0 Å². The molecule has 9 nitrogen and oxygen atoms in total. The van der Waals surface area contributed by atoms with E-state index < -0.39 is 22.9 Å². The number of amides is 1. The first-order valence-corrected chi connectivity index (χ1v) is 11.2. The lowest BCUT2D eigenvalue weighted by molar-refractivity contribution is -0.0432. The number of hydrogen-bond acceptors (Lipinski definition) is 8. The number of ether oxygens (including phenoxy) is 2. The van der Waals surface area contributed by atoms with Gasteiger partial charge in [0.15, 0.2) is 11.6 Å². The van der Waals surface area contributed by atoms with Crippen LogP contribution in [0.15, 0.2) is 20.6 Å². The summed E-state index contributed by atoms with van der Waals surface area (Å²) in [5.74, 6) is -0.202. The molecule has 1 aromatic carbocycles. The molecule has 2 fully saturated rings. The molecule has 174 valence electrons. The average Bonchev–Trinajstić information content (AvgIpc) is 3.27. The molecule has 1 spiro atoms. The SMILES string of the molecule is C[C@@H]1CN2c3c(cc4c(N5CC(C)(C)OC5=O)noc4c3F)CC3(C=NCN=C3)[C@H]2[C@H](C)O1. The molecule has 10 heteroatoms. The van der Waals surface area contributed by atoms with Crippen LogP contribution < -0.4 is 9.80 Å². The third kappa shape index (κ3) is 2.92. The summed E-state index contributed by atoms with van der Waals surface area (Å²) < 4.78 is 33.1. The second-order valence-corrected chi connectivity index (χ2v) is 10.1. The largest absolute Gasteiger partial charge is 0.441 e. The number of hydrogen-bond donors (Lipinski definition) is 0. The van der Waals surface area contributed by atoms with Crippen LogP contribution in [0.1, 0.15) is 33.3 Å². The van der Waals surface area contributed by atoms with E-state index in [1.54, 1.807) is 0 Å². The van der Waals surface area contributed by atoms with Crippen LogP contribution in [-0.4, -0.2) is 67.3 Å². The first-order chi connectivity index (χ1) is 15.7. The predicted octanol–water partition coefficient (Wildman–Crippen LogP) is 3.34. The molecule has 4 aliphatic heterocycles. The number of halogens is 1. The molecule has 0 radical (unpaired) electrons. The van der Waals surface area contributed by atoms with E-state index in [0.29, 0.717) is 37.3 Å². The Morgan fingerprint density at radius 3 is 2.67 bits per heavy atom. The maximum absolute atomic E-state index is 16.1. The van der Waals surface area contributed by atoms with Gasteiger partial charge in [-0.3, -0.25) is 14.9 Å². The number of aliphatic imine (C=N–C) groups is 2. The molecule has 2 aromatic rings. The van der Waals surface area contributed by atoms with Crippen molar-refractivity contribution < 1.29 is 23.2 Å². The number of cyclic esters (lactones) is 1. The zero-order chi connectivity index (χ0) is 23.1. The fourth-order valence-electron chi connectivity index (χ4n) is 5.90. The number of aromatic nitrogens is 1. The number of rotatable bonds is 1. The molecule has 0 bridgehead atoms. The van der Waals surface area contributed by atoms with Gasteiger partial charge in [-0.25, -0.2) is 9.18 Å². The Balaban J connectivity index is 1.54. The fraction of sp³-hybridized carbons (Fsp3) is 0.565. The second kappa shape index (κ2) is 6.75. The molecule has 2 saturated heterocycles. The van der Waals surface area contributed by atoms with Crippen LogP contribution >= 0.6 is 0 Å². The maximum atomic E-state index is 16.1. The van der Waals surface area contributed by atoms with Crippen molar-refractivity contribution in [3.05, 3.63) is 17.4 Å². The Bertz CT molecular complexity index is 1210. The molecule has 0 saturated carbocycles. The van der Waals surface area contributed by atoms with Gasteiger partial charge in [-0.2, -0.15) is 0 Å². The average molecular weight is 455 g/mol. The van der Waals surface area contributed by atoms with Crippen LogP contribution in [0.4, 0.5) is 20.7 Å². The van der Waals surface area contributed by atoms with Gasteiger partial charge in [0.25, 0.3) is 0 Å². The van der Waals surface area contributed by atoms with Crippen molar-refractivity contribution in [1.82, 2.24) is 5.16 Å². The monoisotopic (exact) mass is 455 g/mol. The van der Waals surface area contributed by atoms with E-state index in [9.17, 15) is 4.79 Å². The molecule has 5 heterocycles. The smallest absolute Gasteiger partial charge is 0.416 e. The molecule has 0 aliphatic carbocycles. The van der Waals surface area contributed by atoms with E-state index in [4.69, 9.17) is 14.0 Å². The van der Waals surface area contributed by atoms with Gasteiger partial charge < -0.3 is 18.9 Å². The number of fused-ring (bicyclic) bond motifs is 5. The van der Waals surface area contributed by atoms with Crippen molar-refractivity contribution in [2.45, 2.75) is 58.0 Å². The van der Waals surface area contributed by atoms with Crippen molar-refractivity contribution in [3.8, 4) is 0 Å². The van der Waals surface area contributed by atoms with Gasteiger partial charge in [0.1, 0.15) is 12.3 Å². The van der Waals surface area contributed by atoms with E-state index in [2.05, 4.69) is 20.0 Å². The Labute approximate surface area is 190 Å². The standard InChI is InChI=1S/C23H26FN5O4/c1-12-7-28-17-14(6-23(8-25-11-26-9-23)19(28)13(2)31-12)5-15-18(16(17)24)33-27-20(15)29-10-22(3,4)32-21(29)30/h5,8-9,12-13,19H,6-7,10-11H2,1-4H3/t12-,13+,19-/m1/s1. The highest BCUT2D eigenvalue weighted by Crippen LogP contribution is 2.48. The van der Waals surface area contributed by atoms with Crippen LogP contribution in [0.3, 0.4) is 0 Å². The zero-order valence-corrected chi connectivity index (χ0v) is 19.0. The lowest BCUT2D eigenvalue weighted by atomic mass is 9.69. The van der Waals surface area contributed by atoms with E-state index >= 15 is 4.39 Å². The first kappa shape index (κ1) is 20.6. The summed E-state index contributed by atoms with van der Waals surface area (Å²) in [5, 5.41) is 4.53. The Hall–Kier alpha value is -3.01. The van der Waals surface area contributed by atoms with Crippen LogP contribution in [0, 0.1) is 11.2 Å². The summed E-state index contributed by atoms with van der Waals surface area (Å²) in [6.07, 6.45) is 3.64. The molecular weight excluding hydrogens is 429 g/mol. The summed E-state index contributed by atoms with van der Waals surface area (Å²) in [7, 11) is 0. The van der Waals surface area contributed by atoms with Crippen LogP contribution in [0.2, 0.25) is 0 Å². The molecule has 4 aliphatic rings. The van der Waals surface area contributed by atoms with E-state index in [1.807, 2.05) is 46.2 Å². The van der Waals surface area contributed by atoms with Crippen molar-refractivity contribution in [2.75, 3.05) is 29.6 Å². The normalized spacial score (nSPS) is 29.5. The highest BCUT2D eigenvalue weighted by atomic mass is 19.1. The molecule has 0 N–H and O–H groups in total. The molecular formula is C23H26FN5O4. The summed E-state index contributed by atoms with van der Waals surface area (Å²) in [6, 6.07) is 1.73. The minimum Gasteiger partial charge on any atom is -0.441 e. The highest BCUT2D eigenvalue weighted by molar-refractivity contribution is 6.02. The van der Waals surface area contributed by atoms with Crippen molar-refractivity contribution in [1.29, 1.82) is 0 Å². The number of carbonyl (C=O) groups is 1. The quantitative estimate of drug-likeness (QED) is 0.655. The van der Waals surface area contributed by atoms with Gasteiger partial charge in [-0.05, 0) is 45.7 Å². The van der Waals surface area contributed by atoms with E-state index in [-0.39, 0.29) is 29.7 Å². The van der Waals surface area contributed by atoms with E-state index in [0.717, 1.165) is 5.56 Å². The van der Waals surface area contributed by atoms with Gasteiger partial charge in [0.2, 0.25) is 5.58 Å². The topological polar surface area (TPSA) is 92.8 Å². The number of benzene rings is 1. The summed E-state index contributed by atoms with van der Waals surface area (Å²) >= 11 is 0. The molecule has 1 aromatic heterocycles. The summed E-state index contributed by atoms with van der Waals surface area (Å²) in [4.78, 5) is 24.9. The van der Waals surface area contributed by atoms with Gasteiger partial charge >= 0.3 is 6.09 Å². The fourth-order valence-corrected chi connectivity index (χ4v) is 5.90. The first-order valence-electron chi connectivity index (χ1n) is 11.2. The Morgan fingerprint density at radius 1 is 1.21 bits per heavy atom. The van der Waals surface area contributed by atoms with Crippen LogP contribution in [-0.2, 0) is 15.9 Å². The zero-order valence-electron chi connectivity index (χ0n) is 19.0. The summed E-state index contributed by atoms with van der Waals surface area (Å²) in [5.41, 5.74) is 0.153. The van der Waals surface area contributed by atoms with E-state index in [1.165, 1.54) is 4.90 Å². The number of carbonyl (C=O) groups excluding carboxylic acids is 1. The second-order valence-electron chi connectivity index (χ2n) is 10.1. The maximum Gasteiger partial charge on any atom is 0.416 e. The van der Waals surface area contributed by atoms with Crippen molar-refractivity contribution in [3.63, 3.8) is 0 Å². The third-order valence-electron chi connectivity index (χ3n) is 6.96. The number of nitrogens with zero attached hydrogens (tertiary/aromatic N) is 5. The highest BCUT2D eigenvalue weighted by Gasteiger charge is 2.52. The van der Waals surface area contributed by atoms with Crippen molar-refractivity contribution >= 4 is 41.0 Å².